The average molecular weight is 449 g/mol. The molecule has 0 saturated carbocycles. The summed E-state index contributed by atoms with van der Waals surface area (Å²) in [7, 11) is 5.23. The zero-order valence-electron chi connectivity index (χ0n) is 14.7. The zero-order chi connectivity index (χ0) is 16.5. The van der Waals surface area contributed by atoms with Crippen LogP contribution >= 0.6 is 24.0 Å². The average Bonchev–Trinajstić information content (AvgIpc) is 3.04. The van der Waals surface area contributed by atoms with Gasteiger partial charge in [0.05, 0.1) is 20.3 Å². The largest absolute Gasteiger partial charge is 0.497 e. The van der Waals surface area contributed by atoms with Crippen molar-refractivity contribution in [3.05, 3.63) is 24.3 Å². The molecule has 24 heavy (non-hydrogen) atoms. The smallest absolute Gasteiger partial charge is 0.193 e. The lowest BCUT2D eigenvalue weighted by atomic mass is 10.1. The summed E-state index contributed by atoms with van der Waals surface area (Å²) in [6, 6.07) is 7.59. The maximum atomic E-state index is 5.71. The molecule has 1 saturated heterocycles. The number of ether oxygens (including phenoxy) is 3. The van der Waals surface area contributed by atoms with Gasteiger partial charge in [0, 0.05) is 33.2 Å². The first kappa shape index (κ1) is 20.8. The molecule has 1 heterocycles. The summed E-state index contributed by atoms with van der Waals surface area (Å²) < 4.78 is 16.1. The Kier molecular flexibility index (Phi) is 9.85. The van der Waals surface area contributed by atoms with Gasteiger partial charge in [0.25, 0.3) is 0 Å². The first-order chi connectivity index (χ1) is 11.3. The molecule has 7 heteroatoms. The van der Waals surface area contributed by atoms with E-state index < -0.39 is 0 Å². The van der Waals surface area contributed by atoms with Crippen molar-refractivity contribution in [2.75, 3.05) is 54.1 Å². The molecule has 0 bridgehead atoms. The Labute approximate surface area is 161 Å². The first-order valence-electron chi connectivity index (χ1n) is 7.98. The second-order valence-electron chi connectivity index (χ2n) is 5.55. The highest BCUT2D eigenvalue weighted by atomic mass is 127. The molecule has 136 valence electrons. The molecule has 1 aromatic rings. The van der Waals surface area contributed by atoms with Crippen LogP contribution in [-0.2, 0) is 4.74 Å². The van der Waals surface area contributed by atoms with Crippen molar-refractivity contribution >= 4 is 29.9 Å². The maximum absolute atomic E-state index is 5.71. The normalized spacial score (nSPS) is 17.4. The number of halogens is 1. The number of likely N-dealkylation sites (tertiary alicyclic amines) is 1. The standard InChI is InChI=1S/C17H27N3O3.HI/c1-18-17(20-10-8-14(12-20)13-21-2)19-9-11-23-16-6-4-15(22-3)5-7-16;/h4-7,14H,8-13H2,1-3H3,(H,18,19);1H. The number of hydrogen-bond acceptors (Lipinski definition) is 4. The van der Waals surface area contributed by atoms with Gasteiger partial charge in [0.15, 0.2) is 5.96 Å². The van der Waals surface area contributed by atoms with Crippen molar-refractivity contribution < 1.29 is 14.2 Å². The highest BCUT2D eigenvalue weighted by Crippen LogP contribution is 2.17. The summed E-state index contributed by atoms with van der Waals surface area (Å²) in [6.07, 6.45) is 1.15. The summed E-state index contributed by atoms with van der Waals surface area (Å²) in [4.78, 5) is 6.63. The highest BCUT2D eigenvalue weighted by Gasteiger charge is 2.24. The van der Waals surface area contributed by atoms with Crippen molar-refractivity contribution in [3.8, 4) is 11.5 Å². The summed E-state index contributed by atoms with van der Waals surface area (Å²) in [5.74, 6) is 3.19. The Morgan fingerprint density at radius 1 is 1.25 bits per heavy atom. The Hall–Kier alpha value is -1.22. The van der Waals surface area contributed by atoms with Gasteiger partial charge in [0.1, 0.15) is 18.1 Å². The predicted octanol–water partition coefficient (Wildman–Crippen LogP) is 2.24. The van der Waals surface area contributed by atoms with Gasteiger partial charge in [-0.05, 0) is 30.7 Å². The molecule has 1 aliphatic heterocycles. The monoisotopic (exact) mass is 449 g/mol. The Bertz CT molecular complexity index is 496. The van der Waals surface area contributed by atoms with E-state index in [1.807, 2.05) is 31.3 Å². The van der Waals surface area contributed by atoms with E-state index in [0.717, 1.165) is 43.6 Å². The van der Waals surface area contributed by atoms with Crippen LogP contribution < -0.4 is 14.8 Å². The summed E-state index contributed by atoms with van der Waals surface area (Å²) >= 11 is 0. The van der Waals surface area contributed by atoms with Gasteiger partial charge in [-0.2, -0.15) is 0 Å². The zero-order valence-corrected chi connectivity index (χ0v) is 17.0. The van der Waals surface area contributed by atoms with E-state index >= 15 is 0 Å². The Balaban J connectivity index is 0.00000288. The third-order valence-corrected chi connectivity index (χ3v) is 3.91. The van der Waals surface area contributed by atoms with E-state index in [1.165, 1.54) is 0 Å². The Morgan fingerprint density at radius 2 is 1.96 bits per heavy atom. The molecule has 1 N–H and O–H groups in total. The molecule has 0 amide bonds. The lowest BCUT2D eigenvalue weighted by Gasteiger charge is -2.21. The van der Waals surface area contributed by atoms with Crippen LogP contribution in [0.15, 0.2) is 29.3 Å². The number of guanidine groups is 1. The minimum Gasteiger partial charge on any atom is -0.497 e. The topological polar surface area (TPSA) is 55.3 Å². The van der Waals surface area contributed by atoms with E-state index in [9.17, 15) is 0 Å². The van der Waals surface area contributed by atoms with Crippen molar-refractivity contribution in [2.45, 2.75) is 6.42 Å². The molecule has 1 aromatic carbocycles. The minimum atomic E-state index is 0. The van der Waals surface area contributed by atoms with Gasteiger partial charge in [-0.1, -0.05) is 0 Å². The van der Waals surface area contributed by atoms with Crippen LogP contribution in [0.2, 0.25) is 0 Å². The van der Waals surface area contributed by atoms with Gasteiger partial charge in [-0.15, -0.1) is 24.0 Å². The van der Waals surface area contributed by atoms with Crippen LogP contribution in [0.1, 0.15) is 6.42 Å². The lowest BCUT2D eigenvalue weighted by Crippen LogP contribution is -2.41. The molecule has 0 aromatic heterocycles. The van der Waals surface area contributed by atoms with Crippen molar-refractivity contribution in [2.24, 2.45) is 10.9 Å². The third kappa shape index (κ3) is 6.35. The molecular weight excluding hydrogens is 421 g/mol. The van der Waals surface area contributed by atoms with E-state index in [0.29, 0.717) is 19.1 Å². The number of nitrogens with zero attached hydrogens (tertiary/aromatic N) is 2. The van der Waals surface area contributed by atoms with Gasteiger partial charge >= 0.3 is 0 Å². The van der Waals surface area contributed by atoms with E-state index in [-0.39, 0.29) is 24.0 Å². The van der Waals surface area contributed by atoms with Crippen LogP contribution in [0.25, 0.3) is 0 Å². The van der Waals surface area contributed by atoms with E-state index in [1.54, 1.807) is 14.2 Å². The van der Waals surface area contributed by atoms with Crippen LogP contribution in [0.4, 0.5) is 0 Å². The van der Waals surface area contributed by atoms with Gasteiger partial charge < -0.3 is 24.4 Å². The van der Waals surface area contributed by atoms with Gasteiger partial charge in [0.2, 0.25) is 0 Å². The molecular formula is C17H28IN3O3. The van der Waals surface area contributed by atoms with E-state index in [4.69, 9.17) is 14.2 Å². The number of rotatable bonds is 7. The maximum Gasteiger partial charge on any atom is 0.193 e. The number of methoxy groups -OCH3 is 2. The second kappa shape index (κ2) is 11.4. The molecule has 1 unspecified atom stereocenters. The lowest BCUT2D eigenvalue weighted by molar-refractivity contribution is 0.157. The Morgan fingerprint density at radius 3 is 2.58 bits per heavy atom. The van der Waals surface area contributed by atoms with Gasteiger partial charge in [-0.25, -0.2) is 0 Å². The first-order valence-corrected chi connectivity index (χ1v) is 7.98. The second-order valence-corrected chi connectivity index (χ2v) is 5.55. The molecule has 0 aliphatic carbocycles. The van der Waals surface area contributed by atoms with Gasteiger partial charge in [-0.3, -0.25) is 4.99 Å². The molecule has 1 fully saturated rings. The minimum absolute atomic E-state index is 0. The summed E-state index contributed by atoms with van der Waals surface area (Å²) in [5.41, 5.74) is 0. The van der Waals surface area contributed by atoms with Crippen molar-refractivity contribution in [1.29, 1.82) is 0 Å². The fraction of sp³-hybridized carbons (Fsp3) is 0.588. The fourth-order valence-electron chi connectivity index (χ4n) is 2.73. The number of hydrogen-bond donors (Lipinski definition) is 1. The third-order valence-electron chi connectivity index (χ3n) is 3.91. The molecule has 6 nitrogen and oxygen atoms in total. The molecule has 2 rings (SSSR count). The molecule has 1 atom stereocenters. The van der Waals surface area contributed by atoms with E-state index in [2.05, 4.69) is 15.2 Å². The van der Waals surface area contributed by atoms with Crippen molar-refractivity contribution in [1.82, 2.24) is 10.2 Å². The summed E-state index contributed by atoms with van der Waals surface area (Å²) in [5, 5.41) is 3.35. The van der Waals surface area contributed by atoms with Crippen LogP contribution in [-0.4, -0.2) is 65.0 Å². The van der Waals surface area contributed by atoms with Crippen LogP contribution in [0.5, 0.6) is 11.5 Å². The number of aliphatic imine (C=N–C) groups is 1. The van der Waals surface area contributed by atoms with Crippen molar-refractivity contribution in [3.63, 3.8) is 0 Å². The predicted molar refractivity (Wildman–Crippen MR) is 107 cm³/mol. The number of nitrogens with one attached hydrogen (secondary N) is 1. The molecule has 0 spiro atoms. The quantitative estimate of drug-likeness (QED) is 0.300. The van der Waals surface area contributed by atoms with Crippen LogP contribution in [0, 0.1) is 5.92 Å². The molecule has 0 radical (unpaired) electrons. The highest BCUT2D eigenvalue weighted by molar-refractivity contribution is 14.0. The SMILES string of the molecule is CN=C(NCCOc1ccc(OC)cc1)N1CCC(COC)C1.I. The number of benzene rings is 1. The molecule has 1 aliphatic rings. The fourth-order valence-corrected chi connectivity index (χ4v) is 2.73. The summed E-state index contributed by atoms with van der Waals surface area (Å²) in [6.45, 7) is 4.12. The van der Waals surface area contributed by atoms with Crippen LogP contribution in [0.3, 0.4) is 0 Å².